The maximum atomic E-state index is 11.1. The Labute approximate surface area is 124 Å². The first-order valence-electron chi connectivity index (χ1n) is 7.21. The zero-order valence-electron chi connectivity index (χ0n) is 11.8. The molecule has 3 heteroatoms. The molecule has 21 heavy (non-hydrogen) atoms. The molecule has 0 aromatic heterocycles. The molecule has 1 heterocycles. The van der Waals surface area contributed by atoms with E-state index < -0.39 is 0 Å². The lowest BCUT2D eigenvalue weighted by Crippen LogP contribution is -2.04. The minimum absolute atomic E-state index is 0.0866. The first kappa shape index (κ1) is 13.7. The highest BCUT2D eigenvalue weighted by Gasteiger charge is 2.23. The summed E-state index contributed by atoms with van der Waals surface area (Å²) in [5.41, 5.74) is 2.33. The monoisotopic (exact) mass is 282 g/mol. The fraction of sp³-hybridized carbons (Fsp3) is 0.278. The number of rotatable bonds is 5. The number of hydrogen-bond acceptors (Lipinski definition) is 3. The van der Waals surface area contributed by atoms with Crippen molar-refractivity contribution in [2.24, 2.45) is 5.92 Å². The second kappa shape index (κ2) is 6.44. The molecule has 0 N–H and O–H groups in total. The largest absolute Gasteiger partial charge is 0.489 e. The SMILES string of the molecule is O=C1C[C@@H](Cc2cccc(OCc3ccccc3)c2)CO1. The summed E-state index contributed by atoms with van der Waals surface area (Å²) >= 11 is 0. The molecule has 0 radical (unpaired) electrons. The smallest absolute Gasteiger partial charge is 0.306 e. The van der Waals surface area contributed by atoms with Crippen molar-refractivity contribution in [3.05, 3.63) is 65.7 Å². The summed E-state index contributed by atoms with van der Waals surface area (Å²) in [5.74, 6) is 1.07. The second-order valence-electron chi connectivity index (χ2n) is 5.38. The minimum Gasteiger partial charge on any atom is -0.489 e. The quantitative estimate of drug-likeness (QED) is 0.789. The van der Waals surface area contributed by atoms with Crippen LogP contribution in [0.1, 0.15) is 17.5 Å². The molecule has 0 saturated carbocycles. The molecule has 0 unspecified atom stereocenters. The van der Waals surface area contributed by atoms with Crippen molar-refractivity contribution in [3.8, 4) is 5.75 Å². The summed E-state index contributed by atoms with van der Waals surface area (Å²) in [6.45, 7) is 1.10. The third-order valence-electron chi connectivity index (χ3n) is 3.61. The number of cyclic esters (lactones) is 1. The zero-order valence-corrected chi connectivity index (χ0v) is 11.8. The van der Waals surface area contributed by atoms with Crippen molar-refractivity contribution in [2.75, 3.05) is 6.61 Å². The van der Waals surface area contributed by atoms with Crippen LogP contribution in [0.25, 0.3) is 0 Å². The Kier molecular flexibility index (Phi) is 4.20. The third-order valence-corrected chi connectivity index (χ3v) is 3.61. The van der Waals surface area contributed by atoms with E-state index >= 15 is 0 Å². The van der Waals surface area contributed by atoms with Gasteiger partial charge in [-0.15, -0.1) is 0 Å². The molecular weight excluding hydrogens is 264 g/mol. The topological polar surface area (TPSA) is 35.5 Å². The fourth-order valence-corrected chi connectivity index (χ4v) is 2.53. The van der Waals surface area contributed by atoms with E-state index in [2.05, 4.69) is 6.07 Å². The van der Waals surface area contributed by atoms with Gasteiger partial charge in [-0.05, 0) is 29.7 Å². The molecule has 1 atom stereocenters. The molecule has 1 fully saturated rings. The summed E-state index contributed by atoms with van der Waals surface area (Å²) in [6, 6.07) is 18.2. The highest BCUT2D eigenvalue weighted by molar-refractivity contribution is 5.71. The second-order valence-corrected chi connectivity index (χ2v) is 5.38. The van der Waals surface area contributed by atoms with Gasteiger partial charge in [0, 0.05) is 5.92 Å². The van der Waals surface area contributed by atoms with E-state index in [0.717, 1.165) is 17.7 Å². The average molecular weight is 282 g/mol. The molecule has 2 aromatic carbocycles. The molecule has 3 rings (SSSR count). The van der Waals surface area contributed by atoms with Gasteiger partial charge in [0.15, 0.2) is 0 Å². The standard InChI is InChI=1S/C18H18O3/c19-18-11-16(13-21-18)9-15-7-4-8-17(10-15)20-12-14-5-2-1-3-6-14/h1-8,10,16H,9,11-13H2/t16-/m1/s1. The Morgan fingerprint density at radius 3 is 2.62 bits per heavy atom. The van der Waals surface area contributed by atoms with E-state index in [1.807, 2.05) is 48.5 Å². The van der Waals surface area contributed by atoms with Gasteiger partial charge in [0.2, 0.25) is 0 Å². The van der Waals surface area contributed by atoms with Crippen molar-refractivity contribution >= 4 is 5.97 Å². The molecule has 0 bridgehead atoms. The molecule has 1 aliphatic heterocycles. The molecule has 1 aliphatic rings. The first-order chi connectivity index (χ1) is 10.3. The van der Waals surface area contributed by atoms with Crippen LogP contribution in [0, 0.1) is 5.92 Å². The molecule has 108 valence electrons. The van der Waals surface area contributed by atoms with Crippen LogP contribution >= 0.6 is 0 Å². The van der Waals surface area contributed by atoms with Crippen LogP contribution in [0.3, 0.4) is 0 Å². The van der Waals surface area contributed by atoms with Gasteiger partial charge in [-0.3, -0.25) is 4.79 Å². The maximum absolute atomic E-state index is 11.1. The van der Waals surface area contributed by atoms with Crippen LogP contribution in [0.5, 0.6) is 5.75 Å². The average Bonchev–Trinajstić information content (AvgIpc) is 2.92. The Balaban J connectivity index is 1.59. The van der Waals surface area contributed by atoms with Gasteiger partial charge < -0.3 is 9.47 Å². The van der Waals surface area contributed by atoms with E-state index in [1.165, 1.54) is 5.56 Å². The molecule has 2 aromatic rings. The van der Waals surface area contributed by atoms with Crippen LogP contribution in [-0.4, -0.2) is 12.6 Å². The van der Waals surface area contributed by atoms with E-state index in [1.54, 1.807) is 0 Å². The molecular formula is C18H18O3. The number of carbonyl (C=O) groups is 1. The summed E-state index contributed by atoms with van der Waals surface area (Å²) in [4.78, 5) is 11.1. The lowest BCUT2D eigenvalue weighted by Gasteiger charge is -2.10. The number of carbonyl (C=O) groups excluding carboxylic acids is 1. The van der Waals surface area contributed by atoms with Crippen molar-refractivity contribution in [3.63, 3.8) is 0 Å². The van der Waals surface area contributed by atoms with Crippen molar-refractivity contribution in [1.82, 2.24) is 0 Å². The minimum atomic E-state index is -0.0866. The van der Waals surface area contributed by atoms with Gasteiger partial charge in [-0.2, -0.15) is 0 Å². The van der Waals surface area contributed by atoms with Gasteiger partial charge in [0.05, 0.1) is 13.0 Å². The molecule has 1 saturated heterocycles. The highest BCUT2D eigenvalue weighted by atomic mass is 16.5. The van der Waals surface area contributed by atoms with Crippen LogP contribution in [0.2, 0.25) is 0 Å². The van der Waals surface area contributed by atoms with Crippen molar-refractivity contribution in [2.45, 2.75) is 19.4 Å². The van der Waals surface area contributed by atoms with Gasteiger partial charge in [-0.25, -0.2) is 0 Å². The van der Waals surface area contributed by atoms with Crippen LogP contribution in [-0.2, 0) is 22.6 Å². The predicted octanol–water partition coefficient (Wildman–Crippen LogP) is 3.37. The summed E-state index contributed by atoms with van der Waals surface area (Å²) < 4.78 is 10.8. The highest BCUT2D eigenvalue weighted by Crippen LogP contribution is 2.22. The number of hydrogen-bond donors (Lipinski definition) is 0. The predicted molar refractivity (Wildman–Crippen MR) is 80.0 cm³/mol. The van der Waals surface area contributed by atoms with Crippen LogP contribution < -0.4 is 4.74 Å². The Hall–Kier alpha value is -2.29. The van der Waals surface area contributed by atoms with E-state index in [-0.39, 0.29) is 5.97 Å². The summed E-state index contributed by atoms with van der Waals surface area (Å²) in [5, 5.41) is 0. The Morgan fingerprint density at radius 1 is 1.05 bits per heavy atom. The molecule has 3 nitrogen and oxygen atoms in total. The van der Waals surface area contributed by atoms with Gasteiger partial charge >= 0.3 is 5.97 Å². The first-order valence-corrected chi connectivity index (χ1v) is 7.21. The lowest BCUT2D eigenvalue weighted by molar-refractivity contribution is -0.137. The number of benzene rings is 2. The maximum Gasteiger partial charge on any atom is 0.306 e. The Morgan fingerprint density at radius 2 is 1.86 bits per heavy atom. The lowest BCUT2D eigenvalue weighted by atomic mass is 9.98. The van der Waals surface area contributed by atoms with Gasteiger partial charge in [-0.1, -0.05) is 42.5 Å². The zero-order chi connectivity index (χ0) is 14.5. The van der Waals surface area contributed by atoms with Crippen LogP contribution in [0.15, 0.2) is 54.6 Å². The fourth-order valence-electron chi connectivity index (χ4n) is 2.53. The number of ether oxygens (including phenoxy) is 2. The normalized spacial score (nSPS) is 17.5. The molecule has 0 aliphatic carbocycles. The summed E-state index contributed by atoms with van der Waals surface area (Å²) in [6.07, 6.45) is 1.38. The molecule has 0 spiro atoms. The summed E-state index contributed by atoms with van der Waals surface area (Å²) in [7, 11) is 0. The molecule has 0 amide bonds. The van der Waals surface area contributed by atoms with E-state index in [0.29, 0.717) is 25.6 Å². The van der Waals surface area contributed by atoms with Crippen molar-refractivity contribution < 1.29 is 14.3 Å². The van der Waals surface area contributed by atoms with Crippen molar-refractivity contribution in [1.29, 1.82) is 0 Å². The van der Waals surface area contributed by atoms with E-state index in [4.69, 9.17) is 9.47 Å². The number of esters is 1. The Bertz CT molecular complexity index is 607. The van der Waals surface area contributed by atoms with E-state index in [9.17, 15) is 4.79 Å². The third kappa shape index (κ3) is 3.85. The van der Waals surface area contributed by atoms with Gasteiger partial charge in [0.25, 0.3) is 0 Å². The van der Waals surface area contributed by atoms with Crippen LogP contribution in [0.4, 0.5) is 0 Å². The van der Waals surface area contributed by atoms with Gasteiger partial charge in [0.1, 0.15) is 12.4 Å².